The smallest absolute Gasteiger partial charge is 0.330 e. The highest BCUT2D eigenvalue weighted by atomic mass is 32.1. The zero-order valence-corrected chi connectivity index (χ0v) is 20.8. The number of benzene rings is 1. The second-order valence-electron chi connectivity index (χ2n) is 8.40. The quantitative estimate of drug-likeness (QED) is 0.451. The molecule has 3 aromatic rings. The van der Waals surface area contributed by atoms with Crippen molar-refractivity contribution in [3.8, 4) is 16.3 Å². The molecule has 0 saturated heterocycles. The predicted molar refractivity (Wildman–Crippen MR) is 136 cm³/mol. The number of rotatable bonds is 10. The summed E-state index contributed by atoms with van der Waals surface area (Å²) in [6, 6.07) is 7.39. The van der Waals surface area contributed by atoms with Crippen LogP contribution in [0.5, 0.6) is 5.75 Å². The van der Waals surface area contributed by atoms with Crippen molar-refractivity contribution in [3.05, 3.63) is 56.2 Å². The van der Waals surface area contributed by atoms with E-state index in [1.165, 1.54) is 20.8 Å². The zero-order chi connectivity index (χ0) is 24.8. The number of hydrogen-bond donors (Lipinski definition) is 2. The molecule has 34 heavy (non-hydrogen) atoms. The fourth-order valence-electron chi connectivity index (χ4n) is 3.46. The Labute approximate surface area is 202 Å². The van der Waals surface area contributed by atoms with E-state index in [1.807, 2.05) is 45.0 Å². The summed E-state index contributed by atoms with van der Waals surface area (Å²) in [5.41, 5.74) is 6.08. The Morgan fingerprint density at radius 3 is 2.59 bits per heavy atom. The number of nitrogens with zero attached hydrogens (tertiary/aromatic N) is 3. The number of methoxy groups -OCH3 is 1. The lowest BCUT2D eigenvalue weighted by atomic mass is 10.1. The van der Waals surface area contributed by atoms with Crippen LogP contribution in [0.2, 0.25) is 0 Å². The van der Waals surface area contributed by atoms with Gasteiger partial charge in [0, 0.05) is 24.0 Å². The standard InChI is InChI=1S/C24H31N5O4S/c1-5-6-12-29-20(25)19(21(30)27-24(29)32)28(13-11-15(2)3)23(31)18-14-34-22(26-18)16-7-9-17(33-4)10-8-16/h7-10,14-15H,5-6,11-13,25H2,1-4H3,(H,27,30,32). The number of anilines is 2. The van der Waals surface area contributed by atoms with Gasteiger partial charge in [-0.2, -0.15) is 0 Å². The van der Waals surface area contributed by atoms with E-state index in [0.29, 0.717) is 24.4 Å². The minimum Gasteiger partial charge on any atom is -0.497 e. The van der Waals surface area contributed by atoms with Crippen molar-refractivity contribution < 1.29 is 9.53 Å². The fraction of sp³-hybridized carbons (Fsp3) is 0.417. The summed E-state index contributed by atoms with van der Waals surface area (Å²) in [6.45, 7) is 6.68. The largest absolute Gasteiger partial charge is 0.497 e. The minimum absolute atomic E-state index is 0.00934. The number of ether oxygens (including phenoxy) is 1. The molecule has 0 aliphatic carbocycles. The lowest BCUT2D eigenvalue weighted by Gasteiger charge is -2.24. The molecule has 0 fully saturated rings. The number of carbonyl (C=O) groups is 1. The van der Waals surface area contributed by atoms with Crippen LogP contribution in [-0.2, 0) is 6.54 Å². The van der Waals surface area contributed by atoms with Gasteiger partial charge >= 0.3 is 5.69 Å². The molecule has 9 nitrogen and oxygen atoms in total. The molecule has 0 atom stereocenters. The van der Waals surface area contributed by atoms with Gasteiger partial charge < -0.3 is 10.5 Å². The number of aromatic nitrogens is 3. The van der Waals surface area contributed by atoms with Crippen LogP contribution in [0.4, 0.5) is 11.5 Å². The number of hydrogen-bond acceptors (Lipinski definition) is 7. The first kappa shape index (κ1) is 25.2. The average Bonchev–Trinajstić information content (AvgIpc) is 3.30. The minimum atomic E-state index is -0.682. The van der Waals surface area contributed by atoms with Crippen LogP contribution in [0.25, 0.3) is 10.6 Å². The maximum atomic E-state index is 13.6. The molecular formula is C24H31N5O4S. The van der Waals surface area contributed by atoms with E-state index >= 15 is 0 Å². The van der Waals surface area contributed by atoms with Crippen LogP contribution in [0.1, 0.15) is 50.5 Å². The van der Waals surface area contributed by atoms with Crippen molar-refractivity contribution >= 4 is 28.7 Å². The van der Waals surface area contributed by atoms with E-state index in [-0.39, 0.29) is 29.7 Å². The molecule has 0 radical (unpaired) electrons. The molecule has 2 heterocycles. The molecular weight excluding hydrogens is 454 g/mol. The van der Waals surface area contributed by atoms with Gasteiger partial charge in [-0.25, -0.2) is 9.78 Å². The molecule has 10 heteroatoms. The summed E-state index contributed by atoms with van der Waals surface area (Å²) < 4.78 is 6.51. The van der Waals surface area contributed by atoms with Crippen molar-refractivity contribution in [1.29, 1.82) is 0 Å². The van der Waals surface area contributed by atoms with Gasteiger partial charge in [0.15, 0.2) is 5.69 Å². The first-order valence-corrected chi connectivity index (χ1v) is 12.2. The number of amides is 1. The van der Waals surface area contributed by atoms with Gasteiger partial charge in [-0.05, 0) is 43.0 Å². The third kappa shape index (κ3) is 5.56. The van der Waals surface area contributed by atoms with Crippen LogP contribution in [0.15, 0.2) is 39.2 Å². The van der Waals surface area contributed by atoms with Crippen LogP contribution in [-0.4, -0.2) is 34.1 Å². The normalized spacial score (nSPS) is 11.1. The molecule has 0 unspecified atom stereocenters. The maximum absolute atomic E-state index is 13.6. The van der Waals surface area contributed by atoms with E-state index < -0.39 is 17.2 Å². The van der Waals surface area contributed by atoms with Gasteiger partial charge in [-0.15, -0.1) is 11.3 Å². The molecule has 0 aliphatic heterocycles. The topological polar surface area (TPSA) is 123 Å². The average molecular weight is 486 g/mol. The molecule has 1 aromatic carbocycles. The second kappa shape index (κ2) is 11.1. The molecule has 0 spiro atoms. The van der Waals surface area contributed by atoms with E-state index in [4.69, 9.17) is 10.5 Å². The molecule has 0 saturated carbocycles. The Morgan fingerprint density at radius 2 is 1.97 bits per heavy atom. The Morgan fingerprint density at radius 1 is 1.26 bits per heavy atom. The summed E-state index contributed by atoms with van der Waals surface area (Å²) in [6.07, 6.45) is 2.21. The lowest BCUT2D eigenvalue weighted by molar-refractivity contribution is 0.0981. The molecule has 3 N–H and O–H groups in total. The van der Waals surface area contributed by atoms with Gasteiger partial charge in [-0.3, -0.25) is 24.0 Å². The summed E-state index contributed by atoms with van der Waals surface area (Å²) in [7, 11) is 1.60. The maximum Gasteiger partial charge on any atom is 0.330 e. The van der Waals surface area contributed by atoms with Crippen molar-refractivity contribution in [2.45, 2.75) is 46.6 Å². The molecule has 2 aromatic heterocycles. The van der Waals surface area contributed by atoms with Crippen LogP contribution in [0, 0.1) is 5.92 Å². The number of nitrogens with one attached hydrogen (secondary N) is 1. The van der Waals surface area contributed by atoms with Crippen molar-refractivity contribution in [2.24, 2.45) is 5.92 Å². The summed E-state index contributed by atoms with van der Waals surface area (Å²) >= 11 is 1.33. The van der Waals surface area contributed by atoms with Gasteiger partial charge in [0.25, 0.3) is 11.5 Å². The highest BCUT2D eigenvalue weighted by molar-refractivity contribution is 7.13. The van der Waals surface area contributed by atoms with E-state index in [0.717, 1.165) is 17.7 Å². The van der Waals surface area contributed by atoms with Crippen molar-refractivity contribution in [3.63, 3.8) is 0 Å². The number of H-pyrrole nitrogens is 1. The Hall–Kier alpha value is -3.40. The third-order valence-electron chi connectivity index (χ3n) is 5.45. The monoisotopic (exact) mass is 485 g/mol. The Bertz CT molecular complexity index is 1240. The number of nitrogens with two attached hydrogens (primary N) is 1. The van der Waals surface area contributed by atoms with Crippen LogP contribution >= 0.6 is 11.3 Å². The van der Waals surface area contributed by atoms with Gasteiger partial charge in [-0.1, -0.05) is 27.2 Å². The number of thiazole rings is 1. The molecule has 182 valence electrons. The van der Waals surface area contributed by atoms with Gasteiger partial charge in [0.1, 0.15) is 22.3 Å². The first-order valence-electron chi connectivity index (χ1n) is 11.3. The number of aromatic amines is 1. The SMILES string of the molecule is CCCCn1c(N)c(N(CCC(C)C)C(=O)c2csc(-c3ccc(OC)cc3)n2)c(=O)[nH]c1=O. The Kier molecular flexibility index (Phi) is 8.27. The molecule has 1 amide bonds. The highest BCUT2D eigenvalue weighted by Crippen LogP contribution is 2.28. The van der Waals surface area contributed by atoms with Crippen molar-refractivity contribution in [2.75, 3.05) is 24.3 Å². The molecule has 3 rings (SSSR count). The highest BCUT2D eigenvalue weighted by Gasteiger charge is 2.27. The third-order valence-corrected chi connectivity index (χ3v) is 6.35. The van der Waals surface area contributed by atoms with Gasteiger partial charge in [0.05, 0.1) is 7.11 Å². The predicted octanol–water partition coefficient (Wildman–Crippen LogP) is 3.74. The number of carbonyl (C=O) groups excluding carboxylic acids is 1. The first-order chi connectivity index (χ1) is 16.3. The lowest BCUT2D eigenvalue weighted by Crippen LogP contribution is -2.42. The molecule has 0 bridgehead atoms. The summed E-state index contributed by atoms with van der Waals surface area (Å²) in [5, 5.41) is 2.34. The number of unbranched alkanes of at least 4 members (excludes halogenated alkanes) is 1. The summed E-state index contributed by atoms with van der Waals surface area (Å²) in [5.74, 6) is 0.565. The van der Waals surface area contributed by atoms with E-state index in [1.54, 1.807) is 12.5 Å². The fourth-order valence-corrected chi connectivity index (χ4v) is 4.26. The summed E-state index contributed by atoms with van der Waals surface area (Å²) in [4.78, 5) is 46.9. The van der Waals surface area contributed by atoms with Crippen LogP contribution in [0.3, 0.4) is 0 Å². The molecule has 0 aliphatic rings. The van der Waals surface area contributed by atoms with Crippen molar-refractivity contribution in [1.82, 2.24) is 14.5 Å². The zero-order valence-electron chi connectivity index (χ0n) is 20.0. The second-order valence-corrected chi connectivity index (χ2v) is 9.26. The van der Waals surface area contributed by atoms with E-state index in [2.05, 4.69) is 9.97 Å². The van der Waals surface area contributed by atoms with Gasteiger partial charge in [0.2, 0.25) is 0 Å². The number of nitrogen functional groups attached to an aromatic ring is 1. The van der Waals surface area contributed by atoms with Crippen LogP contribution < -0.4 is 26.6 Å². The van der Waals surface area contributed by atoms with E-state index in [9.17, 15) is 14.4 Å². The Balaban J connectivity index is 2.02.